The van der Waals surface area contributed by atoms with Crippen LogP contribution >= 0.6 is 0 Å². The average molecular weight is 463 g/mol. The van der Waals surface area contributed by atoms with Crippen LogP contribution in [0.25, 0.3) is 0 Å². The summed E-state index contributed by atoms with van der Waals surface area (Å²) >= 11 is 0. The number of sulfonamides is 1. The third-order valence-corrected chi connectivity index (χ3v) is 6.71. The molecule has 1 aliphatic heterocycles. The molecule has 0 aromatic heterocycles. The highest BCUT2D eigenvalue weighted by Gasteiger charge is 2.27. The van der Waals surface area contributed by atoms with Crippen LogP contribution in [0, 0.1) is 10.1 Å². The number of hydrogen-bond acceptors (Lipinski definition) is 8. The van der Waals surface area contributed by atoms with Crippen molar-refractivity contribution in [2.45, 2.75) is 17.7 Å². The van der Waals surface area contributed by atoms with E-state index in [9.17, 15) is 28.1 Å². The van der Waals surface area contributed by atoms with Crippen molar-refractivity contribution in [1.82, 2.24) is 4.31 Å². The Morgan fingerprint density at radius 1 is 1.12 bits per heavy atom. The Balaban J connectivity index is 1.58. The van der Waals surface area contributed by atoms with Gasteiger partial charge in [0.25, 0.3) is 11.6 Å². The largest absolute Gasteiger partial charge is 0.494 e. The number of carbonyl (C=O) groups excluding carboxylic acids is 2. The second kappa shape index (κ2) is 9.75. The van der Waals surface area contributed by atoms with E-state index in [0.29, 0.717) is 13.1 Å². The third kappa shape index (κ3) is 5.21. The van der Waals surface area contributed by atoms with Crippen LogP contribution in [0.15, 0.2) is 47.4 Å². The zero-order valence-electron chi connectivity index (χ0n) is 17.1. The van der Waals surface area contributed by atoms with E-state index in [-0.39, 0.29) is 27.6 Å². The van der Waals surface area contributed by atoms with Gasteiger partial charge in [0.1, 0.15) is 5.75 Å². The molecule has 0 bridgehead atoms. The molecule has 32 heavy (non-hydrogen) atoms. The third-order valence-electron chi connectivity index (χ3n) is 4.80. The predicted octanol–water partition coefficient (Wildman–Crippen LogP) is 2.18. The van der Waals surface area contributed by atoms with Gasteiger partial charge >= 0.3 is 5.97 Å². The Kier molecular flexibility index (Phi) is 7.05. The highest BCUT2D eigenvalue weighted by molar-refractivity contribution is 7.89. The average Bonchev–Trinajstić information content (AvgIpc) is 3.33. The molecule has 0 aliphatic carbocycles. The molecule has 1 aliphatic rings. The van der Waals surface area contributed by atoms with E-state index < -0.39 is 33.4 Å². The molecule has 1 amide bonds. The summed E-state index contributed by atoms with van der Waals surface area (Å²) in [6, 6.07) is 8.95. The maximum atomic E-state index is 12.5. The van der Waals surface area contributed by atoms with Gasteiger partial charge in [-0.3, -0.25) is 14.9 Å². The number of esters is 1. The van der Waals surface area contributed by atoms with E-state index in [0.717, 1.165) is 18.9 Å². The summed E-state index contributed by atoms with van der Waals surface area (Å²) in [4.78, 5) is 34.6. The van der Waals surface area contributed by atoms with Crippen LogP contribution in [0.1, 0.15) is 23.2 Å². The van der Waals surface area contributed by atoms with Crippen molar-refractivity contribution >= 4 is 33.3 Å². The number of carbonyl (C=O) groups is 2. The first-order valence-electron chi connectivity index (χ1n) is 9.62. The minimum Gasteiger partial charge on any atom is -0.494 e. The van der Waals surface area contributed by atoms with Crippen LogP contribution in [-0.4, -0.2) is 56.3 Å². The molecule has 1 heterocycles. The van der Waals surface area contributed by atoms with Crippen molar-refractivity contribution in [1.29, 1.82) is 0 Å². The zero-order valence-corrected chi connectivity index (χ0v) is 18.0. The summed E-state index contributed by atoms with van der Waals surface area (Å²) in [6.07, 6.45) is 1.63. The maximum absolute atomic E-state index is 12.5. The number of nitrogens with one attached hydrogen (secondary N) is 1. The quantitative estimate of drug-likeness (QED) is 0.356. The van der Waals surface area contributed by atoms with E-state index >= 15 is 0 Å². The molecule has 1 N–H and O–H groups in total. The van der Waals surface area contributed by atoms with E-state index in [1.165, 1.54) is 47.8 Å². The highest BCUT2D eigenvalue weighted by atomic mass is 32.2. The number of amides is 1. The second-order valence-corrected chi connectivity index (χ2v) is 8.84. The Bertz CT molecular complexity index is 1130. The molecule has 11 nitrogen and oxygen atoms in total. The molecule has 0 atom stereocenters. The molecule has 12 heteroatoms. The van der Waals surface area contributed by atoms with Gasteiger partial charge < -0.3 is 14.8 Å². The number of non-ortho nitro benzene ring substituents is 1. The highest BCUT2D eigenvalue weighted by Crippen LogP contribution is 2.29. The first-order chi connectivity index (χ1) is 15.2. The number of anilines is 1. The topological polar surface area (TPSA) is 145 Å². The molecule has 1 saturated heterocycles. The Hall–Kier alpha value is -3.51. The van der Waals surface area contributed by atoms with E-state index in [1.54, 1.807) is 0 Å². The van der Waals surface area contributed by atoms with E-state index in [2.05, 4.69) is 5.32 Å². The van der Waals surface area contributed by atoms with Gasteiger partial charge in [-0.25, -0.2) is 13.2 Å². The second-order valence-electron chi connectivity index (χ2n) is 6.90. The van der Waals surface area contributed by atoms with Crippen molar-refractivity contribution in [3.63, 3.8) is 0 Å². The number of benzene rings is 2. The van der Waals surface area contributed by atoms with Crippen LogP contribution < -0.4 is 10.1 Å². The lowest BCUT2D eigenvalue weighted by Crippen LogP contribution is -2.27. The van der Waals surface area contributed by atoms with Crippen molar-refractivity contribution in [3.8, 4) is 5.75 Å². The monoisotopic (exact) mass is 463 g/mol. The zero-order chi connectivity index (χ0) is 23.3. The number of ether oxygens (including phenoxy) is 2. The van der Waals surface area contributed by atoms with Gasteiger partial charge in [-0.2, -0.15) is 4.31 Å². The first-order valence-corrected chi connectivity index (χ1v) is 11.1. The van der Waals surface area contributed by atoms with Gasteiger partial charge in [0, 0.05) is 19.2 Å². The number of nitro groups is 1. The van der Waals surface area contributed by atoms with Crippen molar-refractivity contribution in [2.24, 2.45) is 0 Å². The fourth-order valence-corrected chi connectivity index (χ4v) is 4.66. The van der Waals surface area contributed by atoms with E-state index in [4.69, 9.17) is 9.47 Å². The molecule has 1 fully saturated rings. The summed E-state index contributed by atoms with van der Waals surface area (Å²) in [5, 5.41) is 13.3. The van der Waals surface area contributed by atoms with Crippen molar-refractivity contribution in [3.05, 3.63) is 58.1 Å². The fraction of sp³-hybridized carbons (Fsp3) is 0.300. The molecule has 0 unspecified atom stereocenters. The van der Waals surface area contributed by atoms with E-state index in [1.807, 2.05) is 0 Å². The van der Waals surface area contributed by atoms with Crippen molar-refractivity contribution in [2.75, 3.05) is 32.1 Å². The van der Waals surface area contributed by atoms with Crippen LogP contribution in [0.2, 0.25) is 0 Å². The summed E-state index contributed by atoms with van der Waals surface area (Å²) in [7, 11) is -2.30. The molecular weight excluding hydrogens is 442 g/mol. The molecule has 0 saturated carbocycles. The predicted molar refractivity (Wildman–Crippen MR) is 113 cm³/mol. The minimum atomic E-state index is -3.59. The van der Waals surface area contributed by atoms with Gasteiger partial charge in [0.05, 0.1) is 34.2 Å². The number of methoxy groups -OCH3 is 1. The lowest BCUT2D eigenvalue weighted by Gasteiger charge is -2.15. The Morgan fingerprint density at radius 3 is 2.38 bits per heavy atom. The molecular formula is C20H21N3O8S. The fourth-order valence-electron chi connectivity index (χ4n) is 3.14. The summed E-state index contributed by atoms with van der Waals surface area (Å²) < 4.78 is 36.4. The lowest BCUT2D eigenvalue weighted by molar-refractivity contribution is -0.384. The van der Waals surface area contributed by atoms with Crippen molar-refractivity contribution < 1.29 is 32.4 Å². The number of nitro benzene ring substituents is 1. The van der Waals surface area contributed by atoms with Gasteiger partial charge in [-0.05, 0) is 43.2 Å². The lowest BCUT2D eigenvalue weighted by atomic mass is 10.2. The van der Waals surface area contributed by atoms with Crippen LogP contribution in [0.4, 0.5) is 11.4 Å². The van der Waals surface area contributed by atoms with Gasteiger partial charge in [-0.1, -0.05) is 0 Å². The van der Waals surface area contributed by atoms with Crippen LogP contribution in [0.3, 0.4) is 0 Å². The van der Waals surface area contributed by atoms with Gasteiger partial charge in [0.2, 0.25) is 10.0 Å². The SMILES string of the molecule is COc1cc([N+](=O)[O-])ccc1NC(=O)COC(=O)c1ccc(S(=O)(=O)N2CCCC2)cc1. The molecule has 170 valence electrons. The maximum Gasteiger partial charge on any atom is 0.338 e. The molecule has 2 aromatic rings. The standard InChI is InChI=1S/C20H21N3O8S/c1-30-18-12-15(23(26)27)6-9-17(18)21-19(24)13-31-20(25)14-4-7-16(8-5-14)32(28,29)22-10-2-3-11-22/h4-9,12H,2-3,10-11,13H2,1H3,(H,21,24). The Labute approximate surface area is 184 Å². The van der Waals surface area contributed by atoms with Gasteiger partial charge in [-0.15, -0.1) is 0 Å². The smallest absolute Gasteiger partial charge is 0.338 e. The number of nitrogens with zero attached hydrogens (tertiary/aromatic N) is 2. The summed E-state index contributed by atoms with van der Waals surface area (Å²) in [5.74, 6) is -1.41. The molecule has 0 spiro atoms. The summed E-state index contributed by atoms with van der Waals surface area (Å²) in [6.45, 7) is 0.328. The Morgan fingerprint density at radius 2 is 1.78 bits per heavy atom. The number of rotatable bonds is 8. The molecule has 0 radical (unpaired) electrons. The summed E-state index contributed by atoms with van der Waals surface area (Å²) in [5.41, 5.74) is 0.0585. The van der Waals surface area contributed by atoms with Crippen LogP contribution in [0.5, 0.6) is 5.75 Å². The molecule has 3 rings (SSSR count). The minimum absolute atomic E-state index is 0.0775. The van der Waals surface area contributed by atoms with Gasteiger partial charge in [0.15, 0.2) is 6.61 Å². The van der Waals surface area contributed by atoms with Crippen LogP contribution in [-0.2, 0) is 19.6 Å². The number of hydrogen-bond donors (Lipinski definition) is 1. The molecule has 2 aromatic carbocycles. The normalized spacial score (nSPS) is 14.0. The first kappa shape index (κ1) is 23.2.